The molecule has 1 N–H and O–H groups in total. The number of fused-ring (bicyclic) bond motifs is 1. The van der Waals surface area contributed by atoms with Gasteiger partial charge in [0.05, 0.1) is 11.3 Å². The lowest BCUT2D eigenvalue weighted by Crippen LogP contribution is -2.35. The highest BCUT2D eigenvalue weighted by atomic mass is 35.5. The summed E-state index contributed by atoms with van der Waals surface area (Å²) in [4.78, 5) is 21.5. The average Bonchev–Trinajstić information content (AvgIpc) is 2.43. The number of rotatable bonds is 2. The summed E-state index contributed by atoms with van der Waals surface area (Å²) in [5.74, 6) is 0.689. The first-order valence-electron chi connectivity index (χ1n) is 7.09. The van der Waals surface area contributed by atoms with Gasteiger partial charge in [0.2, 0.25) is 0 Å². The van der Waals surface area contributed by atoms with Crippen molar-refractivity contribution in [2.75, 3.05) is 6.54 Å². The van der Waals surface area contributed by atoms with E-state index in [4.69, 9.17) is 11.6 Å². The Hall–Kier alpha value is -1.65. The zero-order valence-corrected chi connectivity index (χ0v) is 13.0. The first kappa shape index (κ1) is 14.3. The smallest absolute Gasteiger partial charge is 0.255 e. The van der Waals surface area contributed by atoms with E-state index in [1.165, 1.54) is 5.56 Å². The normalized spacial score (nSPS) is 15.0. The Morgan fingerprint density at radius 2 is 2.19 bits per heavy atom. The van der Waals surface area contributed by atoms with E-state index in [1.54, 1.807) is 0 Å². The van der Waals surface area contributed by atoms with Gasteiger partial charge >= 0.3 is 0 Å². The molecule has 0 saturated heterocycles. The molecule has 0 bridgehead atoms. The molecule has 0 aliphatic carbocycles. The van der Waals surface area contributed by atoms with Crippen LogP contribution < -0.4 is 5.56 Å². The number of benzene rings is 1. The molecule has 0 atom stereocenters. The average molecular weight is 304 g/mol. The van der Waals surface area contributed by atoms with Crippen LogP contribution in [0.15, 0.2) is 23.0 Å². The van der Waals surface area contributed by atoms with Crippen molar-refractivity contribution in [3.8, 4) is 0 Å². The van der Waals surface area contributed by atoms with Gasteiger partial charge in [-0.1, -0.05) is 23.7 Å². The number of halogens is 1. The van der Waals surface area contributed by atoms with E-state index in [0.717, 1.165) is 41.4 Å². The highest BCUT2D eigenvalue weighted by molar-refractivity contribution is 6.31. The van der Waals surface area contributed by atoms with Crippen molar-refractivity contribution >= 4 is 11.6 Å². The summed E-state index contributed by atoms with van der Waals surface area (Å²) in [6.07, 6.45) is 0.809. The van der Waals surface area contributed by atoms with E-state index in [0.29, 0.717) is 12.4 Å². The number of aryl methyl sites for hydroxylation is 2. The predicted molar refractivity (Wildman–Crippen MR) is 83.6 cm³/mol. The standard InChI is InChI=1S/C16H18ClN3O/c1-10-4-3-5-14(17)12(10)8-20-7-6-15-13(9-20)16(21)19-11(2)18-15/h3-5H,6-9H2,1-2H3,(H,18,19,21). The fourth-order valence-corrected chi connectivity index (χ4v) is 3.11. The molecule has 4 nitrogen and oxygen atoms in total. The van der Waals surface area contributed by atoms with Gasteiger partial charge in [0, 0.05) is 31.1 Å². The van der Waals surface area contributed by atoms with Gasteiger partial charge in [0.15, 0.2) is 0 Å². The summed E-state index contributed by atoms with van der Waals surface area (Å²) < 4.78 is 0. The topological polar surface area (TPSA) is 49.0 Å². The van der Waals surface area contributed by atoms with E-state index >= 15 is 0 Å². The zero-order valence-electron chi connectivity index (χ0n) is 12.2. The Morgan fingerprint density at radius 3 is 2.95 bits per heavy atom. The summed E-state index contributed by atoms with van der Waals surface area (Å²) >= 11 is 6.29. The number of hydrogen-bond acceptors (Lipinski definition) is 3. The van der Waals surface area contributed by atoms with Gasteiger partial charge in [0.25, 0.3) is 5.56 Å². The molecule has 21 heavy (non-hydrogen) atoms. The maximum Gasteiger partial charge on any atom is 0.255 e. The SMILES string of the molecule is Cc1nc2c(c(=O)[nH]1)CN(Cc1c(C)cccc1Cl)CC2. The summed E-state index contributed by atoms with van der Waals surface area (Å²) in [7, 11) is 0. The highest BCUT2D eigenvalue weighted by Crippen LogP contribution is 2.23. The van der Waals surface area contributed by atoms with Crippen molar-refractivity contribution in [2.45, 2.75) is 33.4 Å². The molecule has 0 radical (unpaired) electrons. The predicted octanol–water partition coefficient (Wildman–Crippen LogP) is 2.60. The molecule has 0 amide bonds. The molecule has 1 aromatic heterocycles. The van der Waals surface area contributed by atoms with E-state index in [-0.39, 0.29) is 5.56 Å². The van der Waals surface area contributed by atoms with Crippen LogP contribution >= 0.6 is 11.6 Å². The van der Waals surface area contributed by atoms with Crippen LogP contribution in [-0.4, -0.2) is 21.4 Å². The second-order valence-corrected chi connectivity index (χ2v) is 5.98. The molecule has 2 heterocycles. The number of H-pyrrole nitrogens is 1. The van der Waals surface area contributed by atoms with Gasteiger partial charge < -0.3 is 4.98 Å². The monoisotopic (exact) mass is 303 g/mol. The van der Waals surface area contributed by atoms with Gasteiger partial charge in [-0.25, -0.2) is 4.98 Å². The largest absolute Gasteiger partial charge is 0.310 e. The molecule has 110 valence electrons. The van der Waals surface area contributed by atoms with Crippen molar-refractivity contribution < 1.29 is 0 Å². The third kappa shape index (κ3) is 2.87. The van der Waals surface area contributed by atoms with Crippen LogP contribution in [0.25, 0.3) is 0 Å². The van der Waals surface area contributed by atoms with E-state index in [9.17, 15) is 4.79 Å². The van der Waals surface area contributed by atoms with Gasteiger partial charge in [-0.3, -0.25) is 9.69 Å². The fraction of sp³-hybridized carbons (Fsp3) is 0.375. The van der Waals surface area contributed by atoms with E-state index in [2.05, 4.69) is 27.9 Å². The van der Waals surface area contributed by atoms with Crippen molar-refractivity contribution in [2.24, 2.45) is 0 Å². The van der Waals surface area contributed by atoms with Crippen LogP contribution in [0.3, 0.4) is 0 Å². The maximum atomic E-state index is 12.1. The Morgan fingerprint density at radius 1 is 1.38 bits per heavy atom. The second-order valence-electron chi connectivity index (χ2n) is 5.57. The summed E-state index contributed by atoms with van der Waals surface area (Å²) in [5.41, 5.74) is 4.03. The van der Waals surface area contributed by atoms with Crippen LogP contribution in [0.1, 0.15) is 28.2 Å². The third-order valence-electron chi connectivity index (χ3n) is 4.00. The second kappa shape index (κ2) is 5.62. The van der Waals surface area contributed by atoms with Crippen molar-refractivity contribution in [1.29, 1.82) is 0 Å². The molecule has 3 rings (SSSR count). The molecular formula is C16H18ClN3O. The van der Waals surface area contributed by atoms with Gasteiger partial charge in [-0.2, -0.15) is 0 Å². The summed E-state index contributed by atoms with van der Waals surface area (Å²) in [5, 5.41) is 0.789. The molecule has 1 aliphatic heterocycles. The van der Waals surface area contributed by atoms with Gasteiger partial charge in [-0.05, 0) is 31.0 Å². The number of nitrogens with one attached hydrogen (secondary N) is 1. The maximum absolute atomic E-state index is 12.1. The number of aromatic nitrogens is 2. The minimum absolute atomic E-state index is 0.0157. The van der Waals surface area contributed by atoms with Crippen molar-refractivity contribution in [3.05, 3.63) is 61.8 Å². The highest BCUT2D eigenvalue weighted by Gasteiger charge is 2.21. The molecule has 0 saturated carbocycles. The van der Waals surface area contributed by atoms with E-state index in [1.807, 2.05) is 19.1 Å². The first-order chi connectivity index (χ1) is 10.0. The first-order valence-corrected chi connectivity index (χ1v) is 7.47. The zero-order chi connectivity index (χ0) is 15.0. The van der Waals surface area contributed by atoms with Crippen LogP contribution in [-0.2, 0) is 19.5 Å². The molecule has 1 aliphatic rings. The minimum atomic E-state index is -0.0157. The van der Waals surface area contributed by atoms with Crippen molar-refractivity contribution in [3.63, 3.8) is 0 Å². The molecule has 1 aromatic carbocycles. The van der Waals surface area contributed by atoms with Gasteiger partial charge in [0.1, 0.15) is 5.82 Å². The van der Waals surface area contributed by atoms with Crippen LogP contribution in [0.4, 0.5) is 0 Å². The molecule has 2 aromatic rings. The molecule has 0 fully saturated rings. The Kier molecular flexibility index (Phi) is 3.83. The quantitative estimate of drug-likeness (QED) is 0.928. The minimum Gasteiger partial charge on any atom is -0.310 e. The summed E-state index contributed by atoms with van der Waals surface area (Å²) in [6.45, 7) is 6.17. The lowest BCUT2D eigenvalue weighted by Gasteiger charge is -2.28. The number of hydrogen-bond donors (Lipinski definition) is 1. The number of nitrogens with zero attached hydrogens (tertiary/aromatic N) is 2. The molecular weight excluding hydrogens is 286 g/mol. The van der Waals surface area contributed by atoms with Crippen molar-refractivity contribution in [1.82, 2.24) is 14.9 Å². The summed E-state index contributed by atoms with van der Waals surface area (Å²) in [6, 6.07) is 5.94. The Balaban J connectivity index is 1.86. The lowest BCUT2D eigenvalue weighted by atomic mass is 10.0. The molecule has 0 spiro atoms. The van der Waals surface area contributed by atoms with E-state index < -0.39 is 0 Å². The molecule has 5 heteroatoms. The van der Waals surface area contributed by atoms with Crippen LogP contribution in [0.2, 0.25) is 5.02 Å². The molecule has 0 unspecified atom stereocenters. The van der Waals surface area contributed by atoms with Gasteiger partial charge in [-0.15, -0.1) is 0 Å². The third-order valence-corrected chi connectivity index (χ3v) is 4.35. The number of aromatic amines is 1. The Labute approximate surface area is 128 Å². The van der Waals surface area contributed by atoms with Crippen LogP contribution in [0, 0.1) is 13.8 Å². The Bertz CT molecular complexity index is 719. The fourth-order valence-electron chi connectivity index (χ4n) is 2.83. The lowest BCUT2D eigenvalue weighted by molar-refractivity contribution is 0.241. The van der Waals surface area contributed by atoms with Crippen LogP contribution in [0.5, 0.6) is 0 Å².